The third-order valence-electron chi connectivity index (χ3n) is 11.9. The minimum atomic E-state index is -0.902. The second-order valence-corrected chi connectivity index (χ2v) is 15.4. The largest absolute Gasteiger partial charge is 0.469 e. The number of aromatic nitrogens is 5. The van der Waals surface area contributed by atoms with E-state index in [2.05, 4.69) is 44.8 Å². The number of anilines is 1. The minimum absolute atomic E-state index is 0.0555. The van der Waals surface area contributed by atoms with Crippen LogP contribution in [0.15, 0.2) is 103 Å². The average molecular weight is 805 g/mol. The van der Waals surface area contributed by atoms with E-state index in [1.165, 1.54) is 14.2 Å². The van der Waals surface area contributed by atoms with E-state index in [0.29, 0.717) is 48.8 Å². The summed E-state index contributed by atoms with van der Waals surface area (Å²) in [6, 6.07) is 30.0. The number of carbonyl (C=O) groups excluding carboxylic acids is 4. The molecule has 0 spiro atoms. The Morgan fingerprint density at radius 3 is 2.27 bits per heavy atom. The maximum Gasteiger partial charge on any atom is 0.407 e. The van der Waals surface area contributed by atoms with Gasteiger partial charge in [-0.1, -0.05) is 97.1 Å². The molecule has 5 heterocycles. The quantitative estimate of drug-likeness (QED) is 0.123. The van der Waals surface area contributed by atoms with Crippen molar-refractivity contribution in [2.75, 3.05) is 25.7 Å². The number of nitrogens with zero attached hydrogens (tertiary/aromatic N) is 5. The van der Waals surface area contributed by atoms with Crippen LogP contribution in [0.2, 0.25) is 0 Å². The van der Waals surface area contributed by atoms with Crippen LogP contribution in [0.3, 0.4) is 0 Å². The first-order chi connectivity index (χ1) is 29.3. The van der Waals surface area contributed by atoms with E-state index in [9.17, 15) is 19.2 Å². The third kappa shape index (κ3) is 7.29. The van der Waals surface area contributed by atoms with E-state index < -0.39 is 18.1 Å². The maximum atomic E-state index is 14.0. The zero-order valence-corrected chi connectivity index (χ0v) is 33.3. The fourth-order valence-electron chi connectivity index (χ4n) is 8.83. The summed E-state index contributed by atoms with van der Waals surface area (Å²) >= 11 is 0. The topological polar surface area (TPSA) is 175 Å². The Kier molecular flexibility index (Phi) is 10.4. The van der Waals surface area contributed by atoms with Gasteiger partial charge in [0.1, 0.15) is 17.7 Å². The Hall–Kier alpha value is -7.09. The van der Waals surface area contributed by atoms with Crippen molar-refractivity contribution in [3.8, 4) is 33.8 Å². The zero-order chi connectivity index (χ0) is 41.3. The first-order valence-corrected chi connectivity index (χ1v) is 20.2. The van der Waals surface area contributed by atoms with Gasteiger partial charge in [0.15, 0.2) is 5.82 Å². The van der Waals surface area contributed by atoms with Crippen molar-refractivity contribution in [3.63, 3.8) is 0 Å². The van der Waals surface area contributed by atoms with Gasteiger partial charge in [-0.05, 0) is 59.1 Å². The highest BCUT2D eigenvalue weighted by Crippen LogP contribution is 2.46. The smallest absolute Gasteiger partial charge is 0.407 e. The molecule has 3 N–H and O–H groups in total. The van der Waals surface area contributed by atoms with Crippen LogP contribution in [-0.2, 0) is 36.7 Å². The van der Waals surface area contributed by atoms with Crippen molar-refractivity contribution in [1.82, 2.24) is 35.4 Å². The number of hydrogen-bond acceptors (Lipinski definition) is 9. The van der Waals surface area contributed by atoms with Gasteiger partial charge in [0, 0.05) is 24.4 Å². The molecule has 3 amide bonds. The monoisotopic (exact) mass is 804 g/mol. The van der Waals surface area contributed by atoms with Crippen molar-refractivity contribution in [3.05, 3.63) is 132 Å². The van der Waals surface area contributed by atoms with E-state index in [4.69, 9.17) is 19.4 Å². The van der Waals surface area contributed by atoms with Gasteiger partial charge < -0.3 is 29.6 Å². The molecule has 1 saturated heterocycles. The minimum Gasteiger partial charge on any atom is -0.469 e. The maximum absolute atomic E-state index is 14.0. The molecule has 9 rings (SSSR count). The summed E-state index contributed by atoms with van der Waals surface area (Å²) in [6.07, 6.45) is 4.63. The van der Waals surface area contributed by atoms with Crippen LogP contribution in [0, 0.1) is 5.92 Å². The van der Waals surface area contributed by atoms with Gasteiger partial charge in [-0.25, -0.2) is 14.8 Å². The molecular formula is C46H44N8O6. The Morgan fingerprint density at radius 1 is 0.817 bits per heavy atom. The lowest BCUT2D eigenvalue weighted by Crippen LogP contribution is -2.42. The molecule has 0 aliphatic carbocycles. The first kappa shape index (κ1) is 38.4. The van der Waals surface area contributed by atoms with Gasteiger partial charge in [0.05, 0.1) is 50.3 Å². The summed E-state index contributed by atoms with van der Waals surface area (Å²) in [5.41, 5.74) is 8.51. The van der Waals surface area contributed by atoms with Crippen LogP contribution in [-0.4, -0.2) is 74.7 Å². The number of alkyl carbamates (subject to hydrolysis) is 1. The highest BCUT2D eigenvalue weighted by Gasteiger charge is 2.43. The number of esters is 1. The number of para-hydroxylation sites is 1. The normalized spacial score (nSPS) is 18.8. The van der Waals surface area contributed by atoms with Crippen molar-refractivity contribution in [2.24, 2.45) is 5.92 Å². The van der Waals surface area contributed by atoms with E-state index >= 15 is 0 Å². The molecule has 3 aliphatic heterocycles. The number of nitrogens with one attached hydrogen (secondary N) is 3. The predicted molar refractivity (Wildman–Crippen MR) is 222 cm³/mol. The molecule has 1 fully saturated rings. The number of imidazole rings is 1. The molecule has 3 aliphatic rings. The molecule has 6 aromatic rings. The van der Waals surface area contributed by atoms with E-state index in [-0.39, 0.29) is 36.3 Å². The number of methoxy groups -OCH3 is 2. The van der Waals surface area contributed by atoms with Crippen LogP contribution in [0.4, 0.5) is 10.5 Å². The van der Waals surface area contributed by atoms with Gasteiger partial charge in [0.25, 0.3) is 5.91 Å². The summed E-state index contributed by atoms with van der Waals surface area (Å²) in [5.74, 6) is 0.665. The summed E-state index contributed by atoms with van der Waals surface area (Å²) < 4.78 is 9.74. The second kappa shape index (κ2) is 16.3. The standard InChI is InChI=1S/C46H44N8O6/c1-59-38(55)25-34-22-19-31-10-6-11-33-24-37(54(40(31)33)44(34)56)42-47-26-35(48-42)29-17-13-27(14-18-29)28-15-20-32(21-16-28)41-50-43(52-51-41)36-12-7-23-53(36)45(57)39(49-46(58)60-2)30-8-4-3-5-9-30/h3-6,8-11,13-18,20-21,26,34,36-37,39H,7,12,19,22-25H2,1-2H3,(H,47,48)(H,49,58)(H,50,51,52)/t34-,36+,37+,39-/m1/s1. The SMILES string of the molecule is COC(=O)C[C@H]1CCc2cccc3c2N(C1=O)[C@H](c1ncc(-c2ccc(-c4ccc(-c5n[nH]c([C@@H]6CCCN6C(=O)[C@H](NC(=O)OC)c6ccccc6)n5)cc4)cc2)[nH]1)C3. The molecule has 0 unspecified atom stereocenters. The second-order valence-electron chi connectivity index (χ2n) is 15.4. The highest BCUT2D eigenvalue weighted by atomic mass is 16.5. The van der Waals surface area contributed by atoms with Crippen molar-refractivity contribution in [1.29, 1.82) is 0 Å². The van der Waals surface area contributed by atoms with Crippen molar-refractivity contribution in [2.45, 2.75) is 56.7 Å². The number of hydrogen-bond donors (Lipinski definition) is 3. The molecule has 4 atom stereocenters. The molecule has 0 radical (unpaired) electrons. The van der Waals surface area contributed by atoms with Crippen LogP contribution in [0.1, 0.15) is 72.1 Å². The van der Waals surface area contributed by atoms with E-state index in [1.807, 2.05) is 71.8 Å². The van der Waals surface area contributed by atoms with Gasteiger partial charge >= 0.3 is 12.1 Å². The molecule has 14 nitrogen and oxygen atoms in total. The van der Waals surface area contributed by atoms with E-state index in [1.54, 1.807) is 17.0 Å². The Balaban J connectivity index is 0.882. The Labute approximate surface area is 346 Å². The number of amides is 3. The lowest BCUT2D eigenvalue weighted by Gasteiger charge is -2.28. The van der Waals surface area contributed by atoms with Crippen LogP contribution >= 0.6 is 0 Å². The molecule has 0 saturated carbocycles. The number of carbonyl (C=O) groups is 4. The lowest BCUT2D eigenvalue weighted by molar-refractivity contribution is -0.144. The molecular weight excluding hydrogens is 761 g/mol. The van der Waals surface area contributed by atoms with Gasteiger partial charge in [-0.15, -0.1) is 0 Å². The highest BCUT2D eigenvalue weighted by molar-refractivity contribution is 6.01. The lowest BCUT2D eigenvalue weighted by atomic mass is 9.95. The summed E-state index contributed by atoms with van der Waals surface area (Å²) in [4.78, 5) is 69.0. The average Bonchev–Trinajstić information content (AvgIpc) is 4.12. The fourth-order valence-corrected chi connectivity index (χ4v) is 8.83. The molecule has 4 aromatic carbocycles. The number of rotatable bonds is 10. The summed E-state index contributed by atoms with van der Waals surface area (Å²) in [6.45, 7) is 0.524. The summed E-state index contributed by atoms with van der Waals surface area (Å²) in [7, 11) is 2.63. The van der Waals surface area contributed by atoms with Crippen LogP contribution in [0.25, 0.3) is 33.8 Å². The van der Waals surface area contributed by atoms with Crippen molar-refractivity contribution < 1.29 is 28.7 Å². The fraction of sp³-hybridized carbons (Fsp3) is 0.283. The van der Waals surface area contributed by atoms with Crippen LogP contribution in [0.5, 0.6) is 0 Å². The number of likely N-dealkylation sites (tertiary alicyclic amines) is 1. The number of ether oxygens (including phenoxy) is 2. The Bertz CT molecular complexity index is 2550. The number of aromatic amines is 2. The third-order valence-corrected chi connectivity index (χ3v) is 11.9. The van der Waals surface area contributed by atoms with Crippen LogP contribution < -0.4 is 10.2 Å². The predicted octanol–water partition coefficient (Wildman–Crippen LogP) is 7.05. The van der Waals surface area contributed by atoms with Gasteiger partial charge in [0.2, 0.25) is 5.91 Å². The number of H-pyrrole nitrogens is 2. The first-order valence-electron chi connectivity index (χ1n) is 20.2. The molecule has 0 bridgehead atoms. The molecule has 60 heavy (non-hydrogen) atoms. The van der Waals surface area contributed by atoms with Gasteiger partial charge in [-0.2, -0.15) is 5.10 Å². The summed E-state index contributed by atoms with van der Waals surface area (Å²) in [5, 5.41) is 10.3. The van der Waals surface area contributed by atoms with E-state index in [0.717, 1.165) is 57.6 Å². The molecule has 304 valence electrons. The van der Waals surface area contributed by atoms with Crippen molar-refractivity contribution >= 4 is 29.6 Å². The van der Waals surface area contributed by atoms with Gasteiger partial charge in [-0.3, -0.25) is 19.5 Å². The molecule has 2 aromatic heterocycles. The number of aryl methyl sites for hydroxylation is 1. The zero-order valence-electron chi connectivity index (χ0n) is 33.3. The number of benzene rings is 4. The Morgan fingerprint density at radius 2 is 1.53 bits per heavy atom. The molecule has 14 heteroatoms.